The summed E-state index contributed by atoms with van der Waals surface area (Å²) >= 11 is 8.05. The Morgan fingerprint density at radius 3 is 2.61 bits per heavy atom. The number of fused-ring (bicyclic) bond motifs is 1. The van der Waals surface area contributed by atoms with Crippen LogP contribution in [0.5, 0.6) is 0 Å². The van der Waals surface area contributed by atoms with E-state index >= 15 is 0 Å². The number of aliphatic hydroxyl groups is 3. The van der Waals surface area contributed by atoms with Crippen molar-refractivity contribution in [1.29, 1.82) is 0 Å². The molecule has 2 fully saturated rings. The summed E-state index contributed by atoms with van der Waals surface area (Å²) in [6, 6.07) is 4.05. The van der Waals surface area contributed by atoms with Gasteiger partial charge in [0.1, 0.15) is 18.3 Å². The molecule has 3 aromatic heterocycles. The zero-order valence-electron chi connectivity index (χ0n) is 17.5. The SMILES string of the molecule is OC[C@H]1O[C@@H](n2cnc3c(NN4CCC(Sc5ccncc5)CC4)nc(Cl)nc32)C(O)C1O. The number of aromatic nitrogens is 5. The van der Waals surface area contributed by atoms with E-state index in [1.165, 1.54) is 15.8 Å². The number of ether oxygens (including phenoxy) is 1. The van der Waals surface area contributed by atoms with E-state index < -0.39 is 31.1 Å². The Morgan fingerprint density at radius 2 is 1.91 bits per heavy atom. The van der Waals surface area contributed by atoms with Gasteiger partial charge >= 0.3 is 0 Å². The first-order valence-corrected chi connectivity index (χ1v) is 11.9. The van der Waals surface area contributed by atoms with Gasteiger partial charge in [0.15, 0.2) is 23.2 Å². The highest BCUT2D eigenvalue weighted by atomic mass is 35.5. The zero-order valence-corrected chi connectivity index (χ0v) is 19.1. The van der Waals surface area contributed by atoms with Crippen LogP contribution in [-0.2, 0) is 4.74 Å². The molecule has 2 aliphatic rings. The minimum Gasteiger partial charge on any atom is -0.394 e. The van der Waals surface area contributed by atoms with Crippen molar-refractivity contribution in [3.8, 4) is 0 Å². The van der Waals surface area contributed by atoms with Crippen LogP contribution in [0.15, 0.2) is 35.7 Å². The van der Waals surface area contributed by atoms with Gasteiger partial charge in [0.2, 0.25) is 5.28 Å². The number of rotatable bonds is 6. The van der Waals surface area contributed by atoms with Crippen molar-refractivity contribution in [3.05, 3.63) is 36.1 Å². The average Bonchev–Trinajstić information content (AvgIpc) is 3.36. The van der Waals surface area contributed by atoms with Gasteiger partial charge in [-0.25, -0.2) is 9.99 Å². The zero-order chi connectivity index (χ0) is 22.9. The molecule has 0 aliphatic carbocycles. The number of piperidine rings is 1. The first kappa shape index (κ1) is 22.7. The molecular formula is C20H24ClN7O4S. The van der Waals surface area contributed by atoms with E-state index in [-0.39, 0.29) is 5.28 Å². The van der Waals surface area contributed by atoms with E-state index in [0.717, 1.165) is 25.9 Å². The summed E-state index contributed by atoms with van der Waals surface area (Å²) in [5.74, 6) is 0.454. The number of thioether (sulfide) groups is 1. The molecular weight excluding hydrogens is 470 g/mol. The summed E-state index contributed by atoms with van der Waals surface area (Å²) in [6.45, 7) is 1.22. The van der Waals surface area contributed by atoms with E-state index in [4.69, 9.17) is 16.3 Å². The first-order chi connectivity index (χ1) is 16.0. The van der Waals surface area contributed by atoms with Gasteiger partial charge in [0, 0.05) is 35.6 Å². The summed E-state index contributed by atoms with van der Waals surface area (Å²) in [6.07, 6.45) is 2.74. The number of hydrazine groups is 1. The summed E-state index contributed by atoms with van der Waals surface area (Å²) in [7, 11) is 0. The largest absolute Gasteiger partial charge is 0.394 e. The van der Waals surface area contributed by atoms with Crippen LogP contribution in [0.25, 0.3) is 11.2 Å². The second kappa shape index (κ2) is 9.66. The molecule has 0 radical (unpaired) electrons. The Balaban J connectivity index is 1.30. The quantitative estimate of drug-likeness (QED) is 0.366. The van der Waals surface area contributed by atoms with Crippen LogP contribution in [0.1, 0.15) is 19.1 Å². The third kappa shape index (κ3) is 4.64. The fraction of sp³-hybridized carbons (Fsp3) is 0.500. The molecule has 2 saturated heterocycles. The molecule has 0 saturated carbocycles. The fourth-order valence-corrected chi connectivity index (χ4v) is 5.38. The maximum absolute atomic E-state index is 10.4. The molecule has 2 aliphatic heterocycles. The molecule has 5 heterocycles. The number of aliphatic hydroxyl groups excluding tert-OH is 3. The van der Waals surface area contributed by atoms with Crippen molar-refractivity contribution < 1.29 is 20.1 Å². The Hall–Kier alpha value is -2.06. The lowest BCUT2D eigenvalue weighted by molar-refractivity contribution is -0.0511. The monoisotopic (exact) mass is 493 g/mol. The van der Waals surface area contributed by atoms with Crippen LogP contribution < -0.4 is 5.43 Å². The first-order valence-electron chi connectivity index (χ1n) is 10.6. The molecule has 0 bridgehead atoms. The number of pyridine rings is 1. The normalized spacial score (nSPS) is 26.8. The lowest BCUT2D eigenvalue weighted by atomic mass is 10.1. The van der Waals surface area contributed by atoms with E-state index in [1.807, 2.05) is 36.3 Å². The third-order valence-electron chi connectivity index (χ3n) is 5.84. The average molecular weight is 494 g/mol. The van der Waals surface area contributed by atoms with Gasteiger partial charge in [-0.2, -0.15) is 9.97 Å². The molecule has 4 atom stereocenters. The predicted molar refractivity (Wildman–Crippen MR) is 122 cm³/mol. The van der Waals surface area contributed by atoms with Gasteiger partial charge in [0.25, 0.3) is 0 Å². The predicted octanol–water partition coefficient (Wildman–Crippen LogP) is 1.07. The summed E-state index contributed by atoms with van der Waals surface area (Å²) in [5, 5.41) is 32.4. The molecule has 0 aromatic carbocycles. The minimum absolute atomic E-state index is 0.0154. The number of halogens is 1. The van der Waals surface area contributed by atoms with Gasteiger partial charge < -0.3 is 25.5 Å². The van der Waals surface area contributed by atoms with Crippen LogP contribution in [0.2, 0.25) is 5.28 Å². The Labute approximate surface area is 198 Å². The molecule has 0 amide bonds. The van der Waals surface area contributed by atoms with Gasteiger partial charge in [0.05, 0.1) is 12.9 Å². The van der Waals surface area contributed by atoms with Crippen molar-refractivity contribution in [3.63, 3.8) is 0 Å². The Bertz CT molecular complexity index is 1100. The van der Waals surface area contributed by atoms with Gasteiger partial charge in [-0.05, 0) is 36.6 Å². The summed E-state index contributed by atoms with van der Waals surface area (Å²) in [4.78, 5) is 18.2. The number of anilines is 1. The molecule has 5 rings (SSSR count). The van der Waals surface area contributed by atoms with Crippen LogP contribution in [0, 0.1) is 0 Å². The van der Waals surface area contributed by atoms with Crippen molar-refractivity contribution >= 4 is 40.3 Å². The second-order valence-electron chi connectivity index (χ2n) is 7.99. The molecule has 0 spiro atoms. The maximum Gasteiger partial charge on any atom is 0.226 e. The highest BCUT2D eigenvalue weighted by Gasteiger charge is 2.44. The van der Waals surface area contributed by atoms with Crippen molar-refractivity contribution in [2.45, 2.75) is 47.5 Å². The minimum atomic E-state index is -1.25. The molecule has 13 heteroatoms. The lowest BCUT2D eigenvalue weighted by Gasteiger charge is -2.32. The number of hydrogen-bond acceptors (Lipinski definition) is 11. The van der Waals surface area contributed by atoms with Crippen molar-refractivity contribution in [2.24, 2.45) is 0 Å². The molecule has 4 N–H and O–H groups in total. The topological polar surface area (TPSA) is 142 Å². The summed E-state index contributed by atoms with van der Waals surface area (Å²) < 4.78 is 7.11. The lowest BCUT2D eigenvalue weighted by Crippen LogP contribution is -2.39. The van der Waals surface area contributed by atoms with E-state index in [2.05, 4.69) is 30.4 Å². The molecule has 33 heavy (non-hydrogen) atoms. The highest BCUT2D eigenvalue weighted by molar-refractivity contribution is 8.00. The third-order valence-corrected chi connectivity index (χ3v) is 7.36. The van der Waals surface area contributed by atoms with Crippen molar-refractivity contribution in [1.82, 2.24) is 29.5 Å². The number of hydrogen-bond donors (Lipinski definition) is 4. The van der Waals surface area contributed by atoms with E-state index in [1.54, 1.807) is 0 Å². The molecule has 2 unspecified atom stereocenters. The van der Waals surface area contributed by atoms with E-state index in [0.29, 0.717) is 22.2 Å². The van der Waals surface area contributed by atoms with Gasteiger partial charge in [-0.3, -0.25) is 9.55 Å². The van der Waals surface area contributed by atoms with Gasteiger partial charge in [-0.15, -0.1) is 11.8 Å². The van der Waals surface area contributed by atoms with E-state index in [9.17, 15) is 15.3 Å². The molecule has 11 nitrogen and oxygen atoms in total. The Kier molecular flexibility index (Phi) is 6.65. The molecule has 3 aromatic rings. The standard InChI is InChI=1S/C20H24ClN7O4S/c21-20-24-17(26-27-7-3-12(4-8-27)33-11-1-5-22-6-2-11)14-18(25-20)28(10-23-14)19-16(31)15(30)13(9-29)32-19/h1-2,5-6,10,12-13,15-16,19,29-31H,3-4,7-9H2,(H,24,25,26)/t13-,15?,16?,19-/m1/s1. The van der Waals surface area contributed by atoms with Gasteiger partial charge in [-0.1, -0.05) is 0 Å². The Morgan fingerprint density at radius 1 is 1.15 bits per heavy atom. The molecule has 176 valence electrons. The smallest absolute Gasteiger partial charge is 0.226 e. The number of nitrogens with zero attached hydrogens (tertiary/aromatic N) is 6. The second-order valence-corrected chi connectivity index (χ2v) is 9.70. The van der Waals surface area contributed by atoms with Crippen LogP contribution in [-0.4, -0.2) is 88.1 Å². The van der Waals surface area contributed by atoms with Crippen LogP contribution >= 0.6 is 23.4 Å². The number of imidazole rings is 1. The summed E-state index contributed by atoms with van der Waals surface area (Å²) in [5.41, 5.74) is 4.12. The fourth-order valence-electron chi connectivity index (χ4n) is 4.11. The maximum atomic E-state index is 10.4. The van der Waals surface area contributed by atoms with Crippen molar-refractivity contribution in [2.75, 3.05) is 25.1 Å². The van der Waals surface area contributed by atoms with Crippen LogP contribution in [0.4, 0.5) is 5.82 Å². The highest BCUT2D eigenvalue weighted by Crippen LogP contribution is 2.34. The number of nitrogens with one attached hydrogen (secondary N) is 1. The van der Waals surface area contributed by atoms with Crippen LogP contribution in [0.3, 0.4) is 0 Å².